The highest BCUT2D eigenvalue weighted by Crippen LogP contribution is 2.58. The number of fused-ring (bicyclic) bond motifs is 5. The van der Waals surface area contributed by atoms with E-state index in [4.69, 9.17) is 0 Å². The van der Waals surface area contributed by atoms with Crippen LogP contribution in [0, 0.1) is 23.7 Å². The summed E-state index contributed by atoms with van der Waals surface area (Å²) in [6.07, 6.45) is 8.29. The third kappa shape index (κ3) is 6.21. The minimum atomic E-state index is -0.623. The molecule has 3 rings (SSSR count). The molecule has 3 aliphatic carbocycles. The van der Waals surface area contributed by atoms with Gasteiger partial charge in [-0.2, -0.15) is 0 Å². The SMILES string of the molecule is C1CC2C3CCC(C3)C2C1.CCOC(=O)OC.CCOC(=O)OC. The molecular weight excluding hydrogens is 312 g/mol. The zero-order valence-electron chi connectivity index (χ0n) is 15.4. The molecule has 6 heteroatoms. The molecule has 2 bridgehead atoms. The van der Waals surface area contributed by atoms with Gasteiger partial charge in [-0.15, -0.1) is 0 Å². The van der Waals surface area contributed by atoms with Crippen LogP contribution in [-0.4, -0.2) is 39.7 Å². The van der Waals surface area contributed by atoms with Gasteiger partial charge in [0.1, 0.15) is 0 Å². The van der Waals surface area contributed by atoms with Crippen molar-refractivity contribution in [1.29, 1.82) is 0 Å². The molecule has 0 aromatic rings. The van der Waals surface area contributed by atoms with Gasteiger partial charge in [-0.25, -0.2) is 9.59 Å². The normalized spacial score (nSPS) is 28.5. The van der Waals surface area contributed by atoms with Gasteiger partial charge < -0.3 is 18.9 Å². The average molecular weight is 344 g/mol. The summed E-state index contributed by atoms with van der Waals surface area (Å²) in [7, 11) is 2.55. The molecule has 0 saturated heterocycles. The number of carbonyl (C=O) groups is 2. The van der Waals surface area contributed by atoms with Crippen molar-refractivity contribution in [2.45, 2.75) is 52.4 Å². The Hall–Kier alpha value is -1.46. The molecule has 0 heterocycles. The minimum absolute atomic E-state index is 0.368. The number of hydrogen-bond acceptors (Lipinski definition) is 6. The van der Waals surface area contributed by atoms with Crippen LogP contribution in [0.5, 0.6) is 0 Å². The summed E-state index contributed by atoms with van der Waals surface area (Å²) in [4.78, 5) is 19.9. The van der Waals surface area contributed by atoms with Crippen LogP contribution in [0.25, 0.3) is 0 Å². The van der Waals surface area contributed by atoms with Crippen LogP contribution in [0.1, 0.15) is 52.4 Å². The summed E-state index contributed by atoms with van der Waals surface area (Å²) in [6.45, 7) is 4.17. The summed E-state index contributed by atoms with van der Waals surface area (Å²) in [5.41, 5.74) is 0. The first kappa shape index (κ1) is 20.6. The summed E-state index contributed by atoms with van der Waals surface area (Å²) < 4.78 is 16.9. The lowest BCUT2D eigenvalue weighted by atomic mass is 9.82. The zero-order chi connectivity index (χ0) is 17.9. The Bertz CT molecular complexity index is 350. The van der Waals surface area contributed by atoms with Gasteiger partial charge in [-0.1, -0.05) is 6.42 Å². The molecule has 3 aliphatic rings. The Morgan fingerprint density at radius 3 is 1.50 bits per heavy atom. The molecule has 0 amide bonds. The largest absolute Gasteiger partial charge is 0.507 e. The van der Waals surface area contributed by atoms with Gasteiger partial charge in [0.05, 0.1) is 27.4 Å². The van der Waals surface area contributed by atoms with Crippen molar-refractivity contribution in [2.75, 3.05) is 27.4 Å². The molecule has 6 nitrogen and oxygen atoms in total. The van der Waals surface area contributed by atoms with Gasteiger partial charge in [0.2, 0.25) is 0 Å². The fraction of sp³-hybridized carbons (Fsp3) is 0.889. The summed E-state index contributed by atoms with van der Waals surface area (Å²) >= 11 is 0. The maximum absolute atomic E-state index is 9.97. The second-order valence-electron chi connectivity index (χ2n) is 6.37. The molecule has 0 aromatic carbocycles. The van der Waals surface area contributed by atoms with Crippen LogP contribution >= 0.6 is 0 Å². The minimum Gasteiger partial charge on any atom is -0.438 e. The van der Waals surface area contributed by atoms with Crippen molar-refractivity contribution < 1.29 is 28.5 Å². The Labute approximate surface area is 145 Å². The molecule has 140 valence electrons. The maximum atomic E-state index is 9.97. The lowest BCUT2D eigenvalue weighted by Gasteiger charge is -2.23. The van der Waals surface area contributed by atoms with E-state index < -0.39 is 12.3 Å². The Kier molecular flexibility index (Phi) is 9.57. The van der Waals surface area contributed by atoms with Crippen LogP contribution in [0.4, 0.5) is 9.59 Å². The maximum Gasteiger partial charge on any atom is 0.507 e. The first-order valence-corrected chi connectivity index (χ1v) is 8.98. The highest BCUT2D eigenvalue weighted by Gasteiger charge is 2.48. The highest BCUT2D eigenvalue weighted by molar-refractivity contribution is 5.59. The molecule has 0 N–H and O–H groups in total. The van der Waals surface area contributed by atoms with E-state index in [9.17, 15) is 9.59 Å². The van der Waals surface area contributed by atoms with E-state index in [-0.39, 0.29) is 0 Å². The van der Waals surface area contributed by atoms with Gasteiger partial charge in [0.25, 0.3) is 0 Å². The number of ether oxygens (including phenoxy) is 4. The average Bonchev–Trinajstić information content (AvgIpc) is 3.30. The summed E-state index contributed by atoms with van der Waals surface area (Å²) in [5.74, 6) is 4.80. The fourth-order valence-electron chi connectivity index (χ4n) is 4.37. The summed E-state index contributed by atoms with van der Waals surface area (Å²) in [5, 5.41) is 0. The van der Waals surface area contributed by atoms with Gasteiger partial charge in [0, 0.05) is 0 Å². The predicted molar refractivity (Wildman–Crippen MR) is 89.7 cm³/mol. The van der Waals surface area contributed by atoms with E-state index in [2.05, 4.69) is 18.9 Å². The first-order valence-electron chi connectivity index (χ1n) is 8.98. The quantitative estimate of drug-likeness (QED) is 0.691. The number of rotatable bonds is 2. The third-order valence-electron chi connectivity index (χ3n) is 5.21. The van der Waals surface area contributed by atoms with Crippen molar-refractivity contribution in [3.63, 3.8) is 0 Å². The second kappa shape index (κ2) is 11.2. The number of hydrogen-bond donors (Lipinski definition) is 0. The van der Waals surface area contributed by atoms with Crippen LogP contribution < -0.4 is 0 Å². The molecule has 0 aromatic heterocycles. The molecule has 3 saturated carbocycles. The van der Waals surface area contributed by atoms with Gasteiger partial charge in [0.15, 0.2) is 0 Å². The van der Waals surface area contributed by atoms with Crippen molar-refractivity contribution in [2.24, 2.45) is 23.7 Å². The topological polar surface area (TPSA) is 71.1 Å². The first-order chi connectivity index (χ1) is 11.6. The lowest BCUT2D eigenvalue weighted by Crippen LogP contribution is -2.15. The highest BCUT2D eigenvalue weighted by atomic mass is 16.7. The smallest absolute Gasteiger partial charge is 0.438 e. The van der Waals surface area contributed by atoms with E-state index in [0.29, 0.717) is 13.2 Å². The Morgan fingerprint density at radius 1 is 0.792 bits per heavy atom. The molecule has 0 spiro atoms. The third-order valence-corrected chi connectivity index (χ3v) is 5.21. The van der Waals surface area contributed by atoms with E-state index >= 15 is 0 Å². The van der Waals surface area contributed by atoms with E-state index in [1.165, 1.54) is 37.9 Å². The predicted octanol–water partition coefficient (Wildman–Crippen LogP) is 4.41. The molecule has 4 atom stereocenters. The Morgan fingerprint density at radius 2 is 1.21 bits per heavy atom. The molecule has 3 fully saturated rings. The van der Waals surface area contributed by atoms with Gasteiger partial charge in [-0.3, -0.25) is 0 Å². The van der Waals surface area contributed by atoms with Crippen molar-refractivity contribution in [3.8, 4) is 0 Å². The molecular formula is C18H32O6. The van der Waals surface area contributed by atoms with Gasteiger partial charge >= 0.3 is 12.3 Å². The monoisotopic (exact) mass is 344 g/mol. The van der Waals surface area contributed by atoms with Crippen LogP contribution in [0.15, 0.2) is 0 Å². The van der Waals surface area contributed by atoms with Crippen molar-refractivity contribution in [1.82, 2.24) is 0 Å². The lowest BCUT2D eigenvalue weighted by molar-refractivity contribution is 0.0761. The standard InChI is InChI=1S/C10H16.2C4H8O3/c1-2-9-7-4-5-8(6-7)10(9)3-1;2*1-3-7-4(5)6-2/h7-10H,1-6H2;2*3H2,1-2H3. The van der Waals surface area contributed by atoms with Crippen molar-refractivity contribution >= 4 is 12.3 Å². The summed E-state index contributed by atoms with van der Waals surface area (Å²) in [6, 6.07) is 0. The van der Waals surface area contributed by atoms with E-state index in [1.54, 1.807) is 52.4 Å². The number of carbonyl (C=O) groups excluding carboxylic acids is 2. The second-order valence-corrected chi connectivity index (χ2v) is 6.37. The molecule has 0 aliphatic heterocycles. The van der Waals surface area contributed by atoms with E-state index in [0.717, 1.165) is 0 Å². The molecule has 4 unspecified atom stereocenters. The van der Waals surface area contributed by atoms with Crippen molar-refractivity contribution in [3.05, 3.63) is 0 Å². The number of methoxy groups -OCH3 is 2. The molecule has 0 radical (unpaired) electrons. The molecule has 24 heavy (non-hydrogen) atoms. The van der Waals surface area contributed by atoms with Crippen LogP contribution in [-0.2, 0) is 18.9 Å². The van der Waals surface area contributed by atoms with Gasteiger partial charge in [-0.05, 0) is 69.6 Å². The van der Waals surface area contributed by atoms with Crippen LogP contribution in [0.3, 0.4) is 0 Å². The van der Waals surface area contributed by atoms with Crippen LogP contribution in [0.2, 0.25) is 0 Å². The fourth-order valence-corrected chi connectivity index (χ4v) is 4.37. The Balaban J connectivity index is 0.000000188. The zero-order valence-corrected chi connectivity index (χ0v) is 15.4. The van der Waals surface area contributed by atoms with E-state index in [1.807, 2.05) is 0 Å².